The number of thioether (sulfide) groups is 2. The van der Waals surface area contributed by atoms with Crippen LogP contribution < -0.4 is 10.7 Å². The largest absolute Gasteiger partial charge is 0.344 e. The van der Waals surface area contributed by atoms with Crippen molar-refractivity contribution in [2.24, 2.45) is 0 Å². The fourth-order valence-electron chi connectivity index (χ4n) is 1.65. The Balaban J connectivity index is 1.89. The standard InChI is InChI=1S/C11H15N5O3S3/c1-4-11(2)7(18)16(8(19)12-11)15-6(17)5-21-10-14-13-9(20-3)22-10/h4-5H2,1-3H3,(H,12,19)(H,15,17)/t11-/m1/s1. The summed E-state index contributed by atoms with van der Waals surface area (Å²) in [5, 5.41) is 11.1. The number of hydrogen-bond acceptors (Lipinski definition) is 8. The molecule has 1 aliphatic heterocycles. The SMILES string of the molecule is CC[C@@]1(C)NC(=O)N(NC(=O)CSc2nnc(SC)s2)C1=O. The topological polar surface area (TPSA) is 104 Å². The Kier molecular flexibility index (Phi) is 5.29. The summed E-state index contributed by atoms with van der Waals surface area (Å²) in [6.45, 7) is 3.41. The van der Waals surface area contributed by atoms with Crippen LogP contribution in [0.15, 0.2) is 8.68 Å². The number of aromatic nitrogens is 2. The van der Waals surface area contributed by atoms with Crippen molar-refractivity contribution in [2.45, 2.75) is 34.5 Å². The summed E-state index contributed by atoms with van der Waals surface area (Å²) >= 11 is 4.07. The average molecular weight is 361 g/mol. The molecule has 1 atom stereocenters. The minimum absolute atomic E-state index is 0.0446. The monoisotopic (exact) mass is 361 g/mol. The second kappa shape index (κ2) is 6.84. The summed E-state index contributed by atoms with van der Waals surface area (Å²) < 4.78 is 1.48. The second-order valence-corrected chi connectivity index (χ2v) is 7.87. The lowest BCUT2D eigenvalue weighted by Crippen LogP contribution is -2.49. The van der Waals surface area contributed by atoms with E-state index >= 15 is 0 Å². The molecule has 1 aromatic heterocycles. The molecule has 120 valence electrons. The fourth-order valence-corrected chi connectivity index (χ4v) is 3.88. The van der Waals surface area contributed by atoms with Crippen molar-refractivity contribution < 1.29 is 14.4 Å². The highest BCUT2D eigenvalue weighted by molar-refractivity contribution is 8.03. The van der Waals surface area contributed by atoms with Gasteiger partial charge in [-0.2, -0.15) is 5.01 Å². The molecule has 2 rings (SSSR count). The van der Waals surface area contributed by atoms with Crippen LogP contribution in [0.2, 0.25) is 0 Å². The lowest BCUT2D eigenvalue weighted by molar-refractivity contribution is -0.137. The minimum Gasteiger partial charge on any atom is -0.322 e. The quantitative estimate of drug-likeness (QED) is 0.577. The Morgan fingerprint density at radius 2 is 2.09 bits per heavy atom. The number of hydrogen-bond donors (Lipinski definition) is 2. The first-order valence-corrected chi connectivity index (χ1v) is 9.38. The van der Waals surface area contributed by atoms with Crippen molar-refractivity contribution in [2.75, 3.05) is 12.0 Å². The lowest BCUT2D eigenvalue weighted by atomic mass is 10.00. The maximum absolute atomic E-state index is 12.1. The second-order valence-electron chi connectivity index (χ2n) is 4.62. The molecule has 0 aliphatic carbocycles. The zero-order valence-electron chi connectivity index (χ0n) is 12.2. The van der Waals surface area contributed by atoms with Crippen LogP contribution in [0.25, 0.3) is 0 Å². The number of rotatable bonds is 6. The van der Waals surface area contributed by atoms with Gasteiger partial charge in [-0.25, -0.2) is 4.79 Å². The molecule has 0 radical (unpaired) electrons. The fraction of sp³-hybridized carbons (Fsp3) is 0.545. The summed E-state index contributed by atoms with van der Waals surface area (Å²) in [5.41, 5.74) is 1.35. The molecule has 0 unspecified atom stereocenters. The maximum atomic E-state index is 12.1. The van der Waals surface area contributed by atoms with E-state index in [9.17, 15) is 14.4 Å². The van der Waals surface area contributed by atoms with Gasteiger partial charge in [-0.1, -0.05) is 41.8 Å². The first kappa shape index (κ1) is 17.0. The molecule has 1 saturated heterocycles. The summed E-state index contributed by atoms with van der Waals surface area (Å²) in [4.78, 5) is 35.8. The first-order chi connectivity index (χ1) is 10.4. The van der Waals surface area contributed by atoms with E-state index in [0.717, 1.165) is 9.35 Å². The molecule has 22 heavy (non-hydrogen) atoms. The Morgan fingerprint density at radius 1 is 1.41 bits per heavy atom. The van der Waals surface area contributed by atoms with Crippen LogP contribution in [0, 0.1) is 0 Å². The Bertz CT molecular complexity index is 608. The molecule has 11 heteroatoms. The molecule has 1 aromatic rings. The summed E-state index contributed by atoms with van der Waals surface area (Å²) in [6, 6.07) is -0.617. The number of carbonyl (C=O) groups excluding carboxylic acids is 3. The van der Waals surface area contributed by atoms with Crippen LogP contribution >= 0.6 is 34.9 Å². The normalized spacial score (nSPS) is 21.1. The van der Waals surface area contributed by atoms with Gasteiger partial charge in [-0.15, -0.1) is 10.2 Å². The minimum atomic E-state index is -0.968. The maximum Gasteiger partial charge on any atom is 0.344 e. The van der Waals surface area contributed by atoms with E-state index in [-0.39, 0.29) is 5.75 Å². The van der Waals surface area contributed by atoms with Gasteiger partial charge < -0.3 is 5.32 Å². The van der Waals surface area contributed by atoms with Gasteiger partial charge in [-0.3, -0.25) is 15.0 Å². The van der Waals surface area contributed by atoms with E-state index in [1.54, 1.807) is 13.8 Å². The lowest BCUT2D eigenvalue weighted by Gasteiger charge is -2.19. The van der Waals surface area contributed by atoms with Crippen LogP contribution in [0.3, 0.4) is 0 Å². The zero-order chi connectivity index (χ0) is 16.3. The molecule has 4 amide bonds. The number of carbonyl (C=O) groups is 3. The van der Waals surface area contributed by atoms with Crippen LogP contribution in [-0.2, 0) is 9.59 Å². The van der Waals surface area contributed by atoms with Crippen LogP contribution in [0.5, 0.6) is 0 Å². The van der Waals surface area contributed by atoms with E-state index in [2.05, 4.69) is 20.9 Å². The predicted molar refractivity (Wildman–Crippen MR) is 84.6 cm³/mol. The molecule has 2 heterocycles. The smallest absolute Gasteiger partial charge is 0.322 e. The van der Waals surface area contributed by atoms with Crippen LogP contribution in [0.1, 0.15) is 20.3 Å². The Hall–Kier alpha value is -1.33. The van der Waals surface area contributed by atoms with Crippen LogP contribution in [0.4, 0.5) is 4.79 Å². The van der Waals surface area contributed by atoms with E-state index in [1.807, 2.05) is 6.26 Å². The van der Waals surface area contributed by atoms with Gasteiger partial charge >= 0.3 is 6.03 Å². The summed E-state index contributed by atoms with van der Waals surface area (Å²) in [5.74, 6) is -0.864. The van der Waals surface area contributed by atoms with Gasteiger partial charge in [-0.05, 0) is 19.6 Å². The van der Waals surface area contributed by atoms with Gasteiger partial charge in [0.2, 0.25) is 5.91 Å². The van der Waals surface area contributed by atoms with Crippen LogP contribution in [-0.4, -0.2) is 50.6 Å². The van der Waals surface area contributed by atoms with E-state index in [0.29, 0.717) is 10.8 Å². The van der Waals surface area contributed by atoms with Crippen molar-refractivity contribution >= 4 is 52.7 Å². The van der Waals surface area contributed by atoms with Crippen molar-refractivity contribution in [3.8, 4) is 0 Å². The number of nitrogens with zero attached hydrogens (tertiary/aromatic N) is 3. The average Bonchev–Trinajstić information content (AvgIpc) is 3.04. The van der Waals surface area contributed by atoms with E-state index in [1.165, 1.54) is 34.9 Å². The Labute approximate surface area is 139 Å². The first-order valence-electron chi connectivity index (χ1n) is 6.36. The molecule has 0 aromatic carbocycles. The third-order valence-corrected chi connectivity index (χ3v) is 6.13. The van der Waals surface area contributed by atoms with Gasteiger partial charge in [0.25, 0.3) is 5.91 Å². The van der Waals surface area contributed by atoms with E-state index in [4.69, 9.17) is 0 Å². The molecular formula is C11H15N5O3S3. The molecule has 0 saturated carbocycles. The van der Waals surface area contributed by atoms with E-state index < -0.39 is 23.4 Å². The number of imide groups is 1. The number of hydrazine groups is 1. The third kappa shape index (κ3) is 3.52. The molecule has 2 N–H and O–H groups in total. The molecular weight excluding hydrogens is 346 g/mol. The highest BCUT2D eigenvalue weighted by Crippen LogP contribution is 2.27. The molecule has 8 nitrogen and oxygen atoms in total. The van der Waals surface area contributed by atoms with Gasteiger partial charge in [0.15, 0.2) is 8.68 Å². The summed E-state index contributed by atoms with van der Waals surface area (Å²) in [7, 11) is 0. The summed E-state index contributed by atoms with van der Waals surface area (Å²) in [6.07, 6.45) is 2.34. The van der Waals surface area contributed by atoms with Gasteiger partial charge in [0, 0.05) is 0 Å². The highest BCUT2D eigenvalue weighted by atomic mass is 32.2. The van der Waals surface area contributed by atoms with Gasteiger partial charge in [0.05, 0.1) is 5.75 Å². The number of urea groups is 1. The Morgan fingerprint density at radius 3 is 2.64 bits per heavy atom. The van der Waals surface area contributed by atoms with Crippen molar-refractivity contribution in [3.05, 3.63) is 0 Å². The molecule has 1 aliphatic rings. The highest BCUT2D eigenvalue weighted by Gasteiger charge is 2.47. The molecule has 1 fully saturated rings. The predicted octanol–water partition coefficient (Wildman–Crippen LogP) is 1.10. The van der Waals surface area contributed by atoms with Crippen molar-refractivity contribution in [1.29, 1.82) is 0 Å². The zero-order valence-corrected chi connectivity index (χ0v) is 14.7. The number of amides is 4. The molecule has 0 spiro atoms. The molecule has 0 bridgehead atoms. The van der Waals surface area contributed by atoms with Crippen molar-refractivity contribution in [3.63, 3.8) is 0 Å². The number of nitrogens with one attached hydrogen (secondary N) is 2. The van der Waals surface area contributed by atoms with Crippen molar-refractivity contribution in [1.82, 2.24) is 25.9 Å². The third-order valence-electron chi connectivity index (χ3n) is 3.09. The van der Waals surface area contributed by atoms with Gasteiger partial charge in [0.1, 0.15) is 5.54 Å².